The lowest BCUT2D eigenvalue weighted by Gasteiger charge is -2.02. The molecule has 0 saturated carbocycles. The zero-order chi connectivity index (χ0) is 15.1. The second-order valence-electron chi connectivity index (χ2n) is 4.96. The van der Waals surface area contributed by atoms with Gasteiger partial charge in [0, 0.05) is 19.3 Å². The molecule has 0 fully saturated rings. The Morgan fingerprint density at radius 2 is 2.05 bits per heavy atom. The Bertz CT molecular complexity index is 926. The van der Waals surface area contributed by atoms with Gasteiger partial charge in [0.05, 0.1) is 11.8 Å². The first-order valence-electron chi connectivity index (χ1n) is 6.74. The van der Waals surface area contributed by atoms with Crippen LogP contribution >= 0.6 is 0 Å². The molecule has 3 rings (SSSR count). The third-order valence-electron chi connectivity index (χ3n) is 3.57. The van der Waals surface area contributed by atoms with Gasteiger partial charge in [-0.25, -0.2) is 9.78 Å². The number of aromatic nitrogens is 6. The first-order valence-corrected chi connectivity index (χ1v) is 6.74. The molecule has 0 aliphatic carbocycles. The maximum absolute atomic E-state index is 11.9. The molecular formula is C13H16N6O2. The molecule has 2 N–H and O–H groups in total. The summed E-state index contributed by atoms with van der Waals surface area (Å²) in [5, 5.41) is 4.16. The van der Waals surface area contributed by atoms with E-state index in [2.05, 4.69) is 20.1 Å². The fourth-order valence-corrected chi connectivity index (χ4v) is 2.33. The van der Waals surface area contributed by atoms with E-state index in [-0.39, 0.29) is 0 Å². The van der Waals surface area contributed by atoms with Crippen LogP contribution in [0.3, 0.4) is 0 Å². The lowest BCUT2D eigenvalue weighted by Crippen LogP contribution is -2.30. The average molecular weight is 288 g/mol. The lowest BCUT2D eigenvalue weighted by atomic mass is 10.2. The van der Waals surface area contributed by atoms with Crippen LogP contribution in [0.5, 0.6) is 0 Å². The zero-order valence-corrected chi connectivity index (χ0v) is 12.1. The van der Waals surface area contributed by atoms with Gasteiger partial charge in [-0.15, -0.1) is 0 Å². The largest absolute Gasteiger partial charge is 0.332 e. The number of imidazole rings is 1. The SMILES string of the molecule is CCCn1c(=O)[nH]c(=O)c2[nH]c(-c3cnn(C)c3C)nc21. The van der Waals surface area contributed by atoms with E-state index >= 15 is 0 Å². The molecule has 3 heterocycles. The summed E-state index contributed by atoms with van der Waals surface area (Å²) in [5.41, 5.74) is 1.53. The van der Waals surface area contributed by atoms with E-state index < -0.39 is 11.2 Å². The van der Waals surface area contributed by atoms with Crippen molar-refractivity contribution < 1.29 is 0 Å². The van der Waals surface area contributed by atoms with Gasteiger partial charge in [-0.2, -0.15) is 5.10 Å². The summed E-state index contributed by atoms with van der Waals surface area (Å²) in [6.45, 7) is 4.38. The van der Waals surface area contributed by atoms with E-state index in [1.165, 1.54) is 4.57 Å². The number of nitrogens with one attached hydrogen (secondary N) is 2. The Hall–Kier alpha value is -2.64. The minimum atomic E-state index is -0.456. The van der Waals surface area contributed by atoms with Crippen molar-refractivity contribution in [2.45, 2.75) is 26.8 Å². The van der Waals surface area contributed by atoms with Gasteiger partial charge >= 0.3 is 5.69 Å². The molecule has 0 aliphatic rings. The fourth-order valence-electron chi connectivity index (χ4n) is 2.33. The maximum Gasteiger partial charge on any atom is 0.330 e. The smallest absolute Gasteiger partial charge is 0.330 e. The first-order chi connectivity index (χ1) is 10.0. The summed E-state index contributed by atoms with van der Waals surface area (Å²) in [6, 6.07) is 0. The van der Waals surface area contributed by atoms with Gasteiger partial charge in [0.1, 0.15) is 11.3 Å². The molecule has 0 spiro atoms. The normalized spacial score (nSPS) is 11.4. The third-order valence-corrected chi connectivity index (χ3v) is 3.57. The van der Waals surface area contributed by atoms with Crippen molar-refractivity contribution in [3.05, 3.63) is 32.7 Å². The van der Waals surface area contributed by atoms with Crippen LogP contribution in [0.15, 0.2) is 15.8 Å². The van der Waals surface area contributed by atoms with Gasteiger partial charge in [0.25, 0.3) is 5.56 Å². The number of rotatable bonds is 3. The quantitative estimate of drug-likeness (QED) is 0.734. The molecule has 8 nitrogen and oxygen atoms in total. The van der Waals surface area contributed by atoms with Crippen LogP contribution < -0.4 is 11.2 Å². The van der Waals surface area contributed by atoms with E-state index in [4.69, 9.17) is 0 Å². The van der Waals surface area contributed by atoms with Crippen molar-refractivity contribution in [3.63, 3.8) is 0 Å². The standard InChI is InChI=1S/C13H16N6O2/c1-4-5-19-11-9(12(20)17-13(19)21)15-10(16-11)8-6-14-18(3)7(8)2/h6H,4-5H2,1-3H3,(H,15,16)(H,17,20,21). The van der Waals surface area contributed by atoms with Crippen LogP contribution in [0.1, 0.15) is 19.0 Å². The number of nitrogens with zero attached hydrogens (tertiary/aromatic N) is 4. The molecule has 3 aromatic heterocycles. The third kappa shape index (κ3) is 1.99. The molecule has 0 amide bonds. The molecule has 0 aromatic carbocycles. The van der Waals surface area contributed by atoms with Crippen molar-refractivity contribution in [3.8, 4) is 11.4 Å². The van der Waals surface area contributed by atoms with Crippen molar-refractivity contribution in [1.29, 1.82) is 0 Å². The minimum absolute atomic E-state index is 0.307. The van der Waals surface area contributed by atoms with Crippen molar-refractivity contribution >= 4 is 11.2 Å². The molecule has 0 atom stereocenters. The van der Waals surface area contributed by atoms with Crippen molar-refractivity contribution in [2.24, 2.45) is 7.05 Å². The molecule has 3 aromatic rings. The number of fused-ring (bicyclic) bond motifs is 1. The predicted octanol–water partition coefficient (Wildman–Crippen LogP) is 0.532. The summed E-state index contributed by atoms with van der Waals surface area (Å²) in [5.74, 6) is 0.538. The van der Waals surface area contributed by atoms with Crippen LogP contribution in [0, 0.1) is 6.92 Å². The molecule has 0 bridgehead atoms. The second-order valence-corrected chi connectivity index (χ2v) is 4.96. The van der Waals surface area contributed by atoms with E-state index in [1.807, 2.05) is 20.9 Å². The highest BCUT2D eigenvalue weighted by molar-refractivity contribution is 5.75. The summed E-state index contributed by atoms with van der Waals surface area (Å²) < 4.78 is 3.20. The van der Waals surface area contributed by atoms with E-state index in [1.54, 1.807) is 10.9 Å². The van der Waals surface area contributed by atoms with E-state index in [9.17, 15) is 9.59 Å². The van der Waals surface area contributed by atoms with Crippen LogP contribution in [0.2, 0.25) is 0 Å². The van der Waals surface area contributed by atoms with Crippen LogP contribution in [-0.4, -0.2) is 29.3 Å². The minimum Gasteiger partial charge on any atom is -0.332 e. The lowest BCUT2D eigenvalue weighted by molar-refractivity contribution is 0.653. The highest BCUT2D eigenvalue weighted by atomic mass is 16.2. The Morgan fingerprint density at radius 3 is 2.67 bits per heavy atom. The topological polar surface area (TPSA) is 101 Å². The second kappa shape index (κ2) is 4.72. The summed E-state index contributed by atoms with van der Waals surface area (Å²) in [7, 11) is 1.83. The summed E-state index contributed by atoms with van der Waals surface area (Å²) in [6.07, 6.45) is 2.46. The van der Waals surface area contributed by atoms with Crippen molar-refractivity contribution in [1.82, 2.24) is 29.3 Å². The van der Waals surface area contributed by atoms with Crippen LogP contribution in [0.25, 0.3) is 22.6 Å². The van der Waals surface area contributed by atoms with Gasteiger partial charge in [0.2, 0.25) is 0 Å². The van der Waals surface area contributed by atoms with Gasteiger partial charge < -0.3 is 4.98 Å². The van der Waals surface area contributed by atoms with Crippen LogP contribution in [0.4, 0.5) is 0 Å². The Labute approximate surface area is 119 Å². The monoisotopic (exact) mass is 288 g/mol. The molecule has 0 aliphatic heterocycles. The molecule has 0 unspecified atom stereocenters. The molecule has 8 heteroatoms. The number of hydrogen-bond acceptors (Lipinski definition) is 4. The number of H-pyrrole nitrogens is 2. The Kier molecular flexibility index (Phi) is 3.00. The average Bonchev–Trinajstić information content (AvgIpc) is 3.00. The number of hydrogen-bond donors (Lipinski definition) is 2. The van der Waals surface area contributed by atoms with Crippen molar-refractivity contribution in [2.75, 3.05) is 0 Å². The van der Waals surface area contributed by atoms with Crippen LogP contribution in [-0.2, 0) is 13.6 Å². The predicted molar refractivity (Wildman–Crippen MR) is 78.2 cm³/mol. The highest BCUT2D eigenvalue weighted by Gasteiger charge is 2.16. The molecule has 110 valence electrons. The first kappa shape index (κ1) is 13.3. The number of aromatic amines is 2. The van der Waals surface area contributed by atoms with E-state index in [0.29, 0.717) is 23.5 Å². The van der Waals surface area contributed by atoms with E-state index in [0.717, 1.165) is 17.7 Å². The highest BCUT2D eigenvalue weighted by Crippen LogP contribution is 2.21. The maximum atomic E-state index is 11.9. The Balaban J connectivity index is 2.31. The summed E-state index contributed by atoms with van der Waals surface area (Å²) >= 11 is 0. The fraction of sp³-hybridized carbons (Fsp3) is 0.385. The summed E-state index contributed by atoms with van der Waals surface area (Å²) in [4.78, 5) is 33.6. The number of aryl methyl sites for hydroxylation is 2. The molecule has 21 heavy (non-hydrogen) atoms. The zero-order valence-electron chi connectivity index (χ0n) is 12.1. The van der Waals surface area contributed by atoms with Gasteiger partial charge in [-0.3, -0.25) is 19.0 Å². The van der Waals surface area contributed by atoms with Gasteiger partial charge in [-0.1, -0.05) is 6.92 Å². The molecule has 0 radical (unpaired) electrons. The molecule has 0 saturated heterocycles. The Morgan fingerprint density at radius 1 is 1.29 bits per heavy atom. The van der Waals surface area contributed by atoms with Gasteiger partial charge in [-0.05, 0) is 13.3 Å². The van der Waals surface area contributed by atoms with Gasteiger partial charge in [0.15, 0.2) is 5.65 Å². The molecular weight excluding hydrogens is 272 g/mol.